The van der Waals surface area contributed by atoms with E-state index in [0.29, 0.717) is 18.8 Å². The Labute approximate surface area is 105 Å². The molecule has 1 aliphatic heterocycles. The van der Waals surface area contributed by atoms with Gasteiger partial charge >= 0.3 is 0 Å². The fraction of sp³-hybridized carbons (Fsp3) is 0.364. The highest BCUT2D eigenvalue weighted by Gasteiger charge is 2.23. The van der Waals surface area contributed by atoms with Gasteiger partial charge in [-0.1, -0.05) is 0 Å². The molecule has 6 nitrogen and oxygen atoms in total. The summed E-state index contributed by atoms with van der Waals surface area (Å²) < 4.78 is 22.8. The van der Waals surface area contributed by atoms with Crippen molar-refractivity contribution in [2.45, 2.75) is 0 Å². The zero-order chi connectivity index (χ0) is 12.8. The number of rotatable bonds is 1. The van der Waals surface area contributed by atoms with Crippen molar-refractivity contribution < 1.29 is 8.42 Å². The predicted molar refractivity (Wildman–Crippen MR) is 71.4 cm³/mol. The lowest BCUT2D eigenvalue weighted by atomic mass is 10.2. The van der Waals surface area contributed by atoms with E-state index in [1.54, 1.807) is 6.20 Å². The van der Waals surface area contributed by atoms with Crippen LogP contribution in [-0.4, -0.2) is 43.2 Å². The predicted octanol–water partition coefficient (Wildman–Crippen LogP) is 0.380. The monoisotopic (exact) mass is 266 g/mol. The van der Waals surface area contributed by atoms with E-state index in [-0.39, 0.29) is 11.5 Å². The number of benzene rings is 1. The normalized spacial score (nSPS) is 19.2. The molecule has 0 atom stereocenters. The van der Waals surface area contributed by atoms with Gasteiger partial charge in [0.15, 0.2) is 9.84 Å². The van der Waals surface area contributed by atoms with Crippen molar-refractivity contribution in [1.82, 2.24) is 10.2 Å². The Balaban J connectivity index is 1.96. The minimum Gasteiger partial charge on any atom is -0.397 e. The molecule has 0 bridgehead atoms. The summed E-state index contributed by atoms with van der Waals surface area (Å²) in [6.45, 7) is 0.984. The van der Waals surface area contributed by atoms with Gasteiger partial charge in [-0.3, -0.25) is 5.10 Å². The molecule has 1 aromatic carbocycles. The first kappa shape index (κ1) is 11.3. The molecule has 18 heavy (non-hydrogen) atoms. The van der Waals surface area contributed by atoms with Gasteiger partial charge in [-0.2, -0.15) is 5.10 Å². The summed E-state index contributed by atoms with van der Waals surface area (Å²) >= 11 is 0. The van der Waals surface area contributed by atoms with Gasteiger partial charge in [0.05, 0.1) is 34.6 Å². The molecule has 1 aliphatic rings. The average Bonchev–Trinajstić information content (AvgIpc) is 2.75. The van der Waals surface area contributed by atoms with Crippen molar-refractivity contribution in [3.63, 3.8) is 0 Å². The summed E-state index contributed by atoms with van der Waals surface area (Å²) in [6, 6.07) is 3.78. The van der Waals surface area contributed by atoms with Gasteiger partial charge in [0.1, 0.15) is 0 Å². The first-order valence-corrected chi connectivity index (χ1v) is 7.55. The highest BCUT2D eigenvalue weighted by molar-refractivity contribution is 7.91. The summed E-state index contributed by atoms with van der Waals surface area (Å²) in [4.78, 5) is 2.01. The van der Waals surface area contributed by atoms with Crippen molar-refractivity contribution in [2.75, 3.05) is 35.2 Å². The van der Waals surface area contributed by atoms with E-state index in [1.807, 2.05) is 17.0 Å². The molecule has 1 fully saturated rings. The number of nitrogens with one attached hydrogen (secondary N) is 1. The molecule has 0 spiro atoms. The van der Waals surface area contributed by atoms with Crippen molar-refractivity contribution in [2.24, 2.45) is 0 Å². The van der Waals surface area contributed by atoms with Crippen LogP contribution in [0.4, 0.5) is 11.4 Å². The van der Waals surface area contributed by atoms with Gasteiger partial charge in [0.25, 0.3) is 0 Å². The third kappa shape index (κ3) is 1.90. The number of hydrogen-bond acceptors (Lipinski definition) is 5. The lowest BCUT2D eigenvalue weighted by Crippen LogP contribution is -2.40. The number of aromatic nitrogens is 2. The second-order valence-corrected chi connectivity index (χ2v) is 6.81. The number of fused-ring (bicyclic) bond motifs is 1. The summed E-state index contributed by atoms with van der Waals surface area (Å²) in [5, 5.41) is 7.81. The van der Waals surface area contributed by atoms with E-state index in [4.69, 9.17) is 5.73 Å². The molecule has 0 aliphatic carbocycles. The number of sulfone groups is 1. The number of nitrogens with zero attached hydrogens (tertiary/aromatic N) is 2. The van der Waals surface area contributed by atoms with Gasteiger partial charge in [-0.25, -0.2) is 8.42 Å². The van der Waals surface area contributed by atoms with Crippen LogP contribution >= 0.6 is 0 Å². The van der Waals surface area contributed by atoms with Crippen LogP contribution in [0.2, 0.25) is 0 Å². The van der Waals surface area contributed by atoms with Gasteiger partial charge < -0.3 is 10.6 Å². The second kappa shape index (κ2) is 3.88. The van der Waals surface area contributed by atoms with Crippen LogP contribution < -0.4 is 10.6 Å². The summed E-state index contributed by atoms with van der Waals surface area (Å²) in [7, 11) is -2.87. The van der Waals surface area contributed by atoms with Crippen LogP contribution in [0.1, 0.15) is 0 Å². The minimum absolute atomic E-state index is 0.188. The van der Waals surface area contributed by atoms with Gasteiger partial charge in [-0.15, -0.1) is 0 Å². The molecular weight excluding hydrogens is 252 g/mol. The zero-order valence-electron chi connectivity index (χ0n) is 9.76. The number of nitrogen functional groups attached to an aromatic ring is 1. The quantitative estimate of drug-likeness (QED) is 0.728. The smallest absolute Gasteiger partial charge is 0.153 e. The maximum absolute atomic E-state index is 11.4. The number of nitrogens with two attached hydrogens (primary N) is 1. The molecule has 3 rings (SSSR count). The van der Waals surface area contributed by atoms with Crippen LogP contribution in [0.15, 0.2) is 18.3 Å². The number of hydrogen-bond donors (Lipinski definition) is 2. The first-order valence-electron chi connectivity index (χ1n) is 5.73. The summed E-state index contributed by atoms with van der Waals surface area (Å²) in [5.41, 5.74) is 8.45. The van der Waals surface area contributed by atoms with Gasteiger partial charge in [-0.05, 0) is 12.1 Å². The zero-order valence-corrected chi connectivity index (χ0v) is 10.6. The van der Waals surface area contributed by atoms with E-state index in [2.05, 4.69) is 10.2 Å². The van der Waals surface area contributed by atoms with Crippen molar-refractivity contribution in [1.29, 1.82) is 0 Å². The molecule has 0 radical (unpaired) electrons. The maximum Gasteiger partial charge on any atom is 0.153 e. The molecule has 2 aromatic rings. The fourth-order valence-electron chi connectivity index (χ4n) is 2.22. The highest BCUT2D eigenvalue weighted by Crippen LogP contribution is 2.29. The Bertz CT molecular complexity index is 678. The van der Waals surface area contributed by atoms with Crippen molar-refractivity contribution >= 4 is 32.1 Å². The third-order valence-electron chi connectivity index (χ3n) is 3.27. The second-order valence-electron chi connectivity index (χ2n) is 4.51. The van der Waals surface area contributed by atoms with E-state index in [9.17, 15) is 8.42 Å². The molecule has 2 heterocycles. The van der Waals surface area contributed by atoms with E-state index < -0.39 is 9.84 Å². The Morgan fingerprint density at radius 1 is 1.28 bits per heavy atom. The standard InChI is InChI=1S/C11H14N4O2S/c12-9-5-8-7-13-14-10(8)6-11(9)15-1-3-18(16,17)4-2-15/h5-7H,1-4,12H2,(H,13,14). The van der Waals surface area contributed by atoms with Crippen molar-refractivity contribution in [3.8, 4) is 0 Å². The Morgan fingerprint density at radius 3 is 2.72 bits per heavy atom. The highest BCUT2D eigenvalue weighted by atomic mass is 32.2. The average molecular weight is 266 g/mol. The number of H-pyrrole nitrogens is 1. The molecule has 0 amide bonds. The van der Waals surface area contributed by atoms with Gasteiger partial charge in [0.2, 0.25) is 0 Å². The van der Waals surface area contributed by atoms with E-state index in [1.165, 1.54) is 0 Å². The number of anilines is 2. The first-order chi connectivity index (χ1) is 8.55. The van der Waals surface area contributed by atoms with Crippen LogP contribution in [0.5, 0.6) is 0 Å². The lowest BCUT2D eigenvalue weighted by molar-refractivity contribution is 0.587. The lowest BCUT2D eigenvalue weighted by Gasteiger charge is -2.29. The summed E-state index contributed by atoms with van der Waals surface area (Å²) in [6.07, 6.45) is 1.72. The topological polar surface area (TPSA) is 92.1 Å². The van der Waals surface area contributed by atoms with Crippen LogP contribution in [0, 0.1) is 0 Å². The molecule has 1 saturated heterocycles. The number of aromatic amines is 1. The molecule has 1 aromatic heterocycles. The van der Waals surface area contributed by atoms with E-state index >= 15 is 0 Å². The van der Waals surface area contributed by atoms with Crippen molar-refractivity contribution in [3.05, 3.63) is 18.3 Å². The molecule has 0 saturated carbocycles. The molecular formula is C11H14N4O2S. The third-order valence-corrected chi connectivity index (χ3v) is 4.88. The Morgan fingerprint density at radius 2 is 2.00 bits per heavy atom. The van der Waals surface area contributed by atoms with Gasteiger partial charge in [0, 0.05) is 18.5 Å². The van der Waals surface area contributed by atoms with E-state index in [0.717, 1.165) is 16.6 Å². The Kier molecular flexibility index (Phi) is 2.44. The summed E-state index contributed by atoms with van der Waals surface area (Å²) in [5.74, 6) is 0.376. The maximum atomic E-state index is 11.4. The van der Waals surface area contributed by atoms with Crippen LogP contribution in [-0.2, 0) is 9.84 Å². The SMILES string of the molecule is Nc1cc2cn[nH]c2cc1N1CCS(=O)(=O)CC1. The van der Waals surface area contributed by atoms with Crippen LogP contribution in [0.25, 0.3) is 10.9 Å². The fourth-order valence-corrected chi connectivity index (χ4v) is 3.43. The molecule has 3 N–H and O–H groups in total. The Hall–Kier alpha value is -1.76. The molecule has 7 heteroatoms. The van der Waals surface area contributed by atoms with Crippen LogP contribution in [0.3, 0.4) is 0 Å². The largest absolute Gasteiger partial charge is 0.397 e. The molecule has 96 valence electrons. The minimum atomic E-state index is -2.87. The molecule has 0 unspecified atom stereocenters.